The molecule has 9 heteroatoms. The maximum atomic E-state index is 13.1. The molecule has 0 bridgehead atoms. The van der Waals surface area contributed by atoms with Crippen LogP contribution in [0.2, 0.25) is 0 Å². The van der Waals surface area contributed by atoms with Gasteiger partial charge in [0.15, 0.2) is 0 Å². The van der Waals surface area contributed by atoms with Crippen molar-refractivity contribution < 1.29 is 13.2 Å². The van der Waals surface area contributed by atoms with E-state index in [9.17, 15) is 18.0 Å². The fraction of sp³-hybridized carbons (Fsp3) is 0.304. The van der Waals surface area contributed by atoms with Crippen LogP contribution in [0, 0.1) is 19.8 Å². The predicted octanol–water partition coefficient (Wildman–Crippen LogP) is 2.98. The minimum absolute atomic E-state index is 0.0391. The third-order valence-electron chi connectivity index (χ3n) is 5.23. The van der Waals surface area contributed by atoms with Gasteiger partial charge in [0.1, 0.15) is 5.69 Å². The number of aromatic nitrogens is 2. The molecule has 0 atom stereocenters. The SMILES string of the molecule is Cc1ccc(S(=O)(=O)Nc2c(C)n(C)n(-c3ccccc3)c2=O)cc1C(=O)NCC(C)C. The minimum atomic E-state index is -4.10. The molecule has 0 fully saturated rings. The highest BCUT2D eigenvalue weighted by Crippen LogP contribution is 2.21. The van der Waals surface area contributed by atoms with E-state index in [4.69, 9.17) is 0 Å². The zero-order chi connectivity index (χ0) is 23.6. The molecule has 1 heterocycles. The molecule has 0 radical (unpaired) electrons. The number of para-hydroxylation sites is 1. The summed E-state index contributed by atoms with van der Waals surface area (Å²) < 4.78 is 31.6. The number of nitrogens with zero attached hydrogens (tertiary/aromatic N) is 2. The second-order valence-corrected chi connectivity index (χ2v) is 9.81. The summed E-state index contributed by atoms with van der Waals surface area (Å²) in [5, 5.41) is 2.80. The van der Waals surface area contributed by atoms with Crippen molar-refractivity contribution >= 4 is 21.6 Å². The zero-order valence-electron chi connectivity index (χ0n) is 18.8. The quantitative estimate of drug-likeness (QED) is 0.571. The van der Waals surface area contributed by atoms with Crippen molar-refractivity contribution in [3.63, 3.8) is 0 Å². The van der Waals surface area contributed by atoms with Gasteiger partial charge in [0, 0.05) is 19.2 Å². The smallest absolute Gasteiger partial charge is 0.296 e. The molecule has 0 aliphatic heterocycles. The maximum Gasteiger partial charge on any atom is 0.296 e. The summed E-state index contributed by atoms with van der Waals surface area (Å²) in [6.45, 7) is 7.84. The molecule has 8 nitrogen and oxygen atoms in total. The van der Waals surface area contributed by atoms with E-state index in [0.29, 0.717) is 23.5 Å². The van der Waals surface area contributed by atoms with E-state index >= 15 is 0 Å². The summed E-state index contributed by atoms with van der Waals surface area (Å²) in [7, 11) is -2.42. The van der Waals surface area contributed by atoms with E-state index in [0.717, 1.165) is 0 Å². The second-order valence-electron chi connectivity index (χ2n) is 8.12. The predicted molar refractivity (Wildman–Crippen MR) is 125 cm³/mol. The van der Waals surface area contributed by atoms with Crippen molar-refractivity contribution in [2.75, 3.05) is 11.3 Å². The van der Waals surface area contributed by atoms with Crippen LogP contribution < -0.4 is 15.6 Å². The first-order valence-corrected chi connectivity index (χ1v) is 11.8. The van der Waals surface area contributed by atoms with Crippen LogP contribution in [0.3, 0.4) is 0 Å². The molecule has 0 aliphatic carbocycles. The molecule has 0 saturated heterocycles. The van der Waals surface area contributed by atoms with E-state index in [-0.39, 0.29) is 28.0 Å². The van der Waals surface area contributed by atoms with Crippen LogP contribution in [0.1, 0.15) is 35.5 Å². The van der Waals surface area contributed by atoms with Crippen molar-refractivity contribution in [1.29, 1.82) is 0 Å². The average Bonchev–Trinajstić information content (AvgIpc) is 2.95. The van der Waals surface area contributed by atoms with Gasteiger partial charge in [0.05, 0.1) is 16.3 Å². The molecule has 0 saturated carbocycles. The molecule has 2 aromatic carbocycles. The van der Waals surface area contributed by atoms with Crippen LogP contribution in [-0.4, -0.2) is 30.2 Å². The molecular formula is C23H28N4O4S. The Hall–Kier alpha value is -3.33. The number of rotatable bonds is 7. The first kappa shape index (κ1) is 23.3. The third kappa shape index (κ3) is 4.62. The number of benzene rings is 2. The topological polar surface area (TPSA) is 102 Å². The summed E-state index contributed by atoms with van der Waals surface area (Å²) in [5.41, 5.74) is 1.49. The van der Waals surface area contributed by atoms with Gasteiger partial charge in [-0.3, -0.25) is 19.0 Å². The monoisotopic (exact) mass is 456 g/mol. The highest BCUT2D eigenvalue weighted by molar-refractivity contribution is 7.92. The summed E-state index contributed by atoms with van der Waals surface area (Å²) in [6.07, 6.45) is 0. The van der Waals surface area contributed by atoms with Crippen molar-refractivity contribution in [3.05, 3.63) is 75.7 Å². The standard InChI is InChI=1S/C23H28N4O4S/c1-15(2)14-24-22(28)20-13-19(12-11-16(20)3)32(30,31)25-21-17(4)26(5)27(23(21)29)18-9-7-6-8-10-18/h6-13,15,25H,14H2,1-5H3,(H,24,28). The number of anilines is 1. The second kappa shape index (κ2) is 9.04. The van der Waals surface area contributed by atoms with Gasteiger partial charge in [-0.15, -0.1) is 0 Å². The molecule has 1 amide bonds. The lowest BCUT2D eigenvalue weighted by molar-refractivity contribution is 0.0948. The van der Waals surface area contributed by atoms with Crippen LogP contribution in [0.4, 0.5) is 5.69 Å². The van der Waals surface area contributed by atoms with Crippen LogP contribution in [0.5, 0.6) is 0 Å². The van der Waals surface area contributed by atoms with Gasteiger partial charge in [-0.05, 0) is 49.6 Å². The number of nitrogens with one attached hydrogen (secondary N) is 2. The van der Waals surface area contributed by atoms with Gasteiger partial charge in [-0.2, -0.15) is 0 Å². The van der Waals surface area contributed by atoms with Gasteiger partial charge in [-0.1, -0.05) is 38.1 Å². The lowest BCUT2D eigenvalue weighted by Crippen LogP contribution is -2.28. The summed E-state index contributed by atoms with van der Waals surface area (Å²) in [5.74, 6) is -0.0729. The van der Waals surface area contributed by atoms with Gasteiger partial charge in [-0.25, -0.2) is 13.1 Å². The molecule has 0 aliphatic rings. The fourth-order valence-electron chi connectivity index (χ4n) is 3.28. The lowest BCUT2D eigenvalue weighted by Gasteiger charge is -2.12. The van der Waals surface area contributed by atoms with Crippen LogP contribution >= 0.6 is 0 Å². The number of sulfonamides is 1. The maximum absolute atomic E-state index is 13.1. The van der Waals surface area contributed by atoms with Gasteiger partial charge < -0.3 is 5.32 Å². The third-order valence-corrected chi connectivity index (χ3v) is 6.57. The van der Waals surface area contributed by atoms with Crippen molar-refractivity contribution in [1.82, 2.24) is 14.7 Å². The van der Waals surface area contributed by atoms with Crippen molar-refractivity contribution in [2.24, 2.45) is 13.0 Å². The Morgan fingerprint density at radius 3 is 2.34 bits per heavy atom. The van der Waals surface area contributed by atoms with Crippen LogP contribution in [-0.2, 0) is 17.1 Å². The first-order valence-electron chi connectivity index (χ1n) is 10.3. The van der Waals surface area contributed by atoms with Gasteiger partial charge in [0.25, 0.3) is 21.5 Å². The molecule has 2 N–H and O–H groups in total. The molecule has 0 unspecified atom stereocenters. The number of hydrogen-bond acceptors (Lipinski definition) is 4. The molecule has 3 aromatic rings. The Bertz CT molecular complexity index is 1310. The molecule has 0 spiro atoms. The molecule has 170 valence electrons. The number of carbonyl (C=O) groups excluding carboxylic acids is 1. The normalized spacial score (nSPS) is 11.6. The van der Waals surface area contributed by atoms with Gasteiger partial charge >= 0.3 is 0 Å². The Labute approximate surface area is 187 Å². The van der Waals surface area contributed by atoms with Crippen LogP contribution in [0.25, 0.3) is 5.69 Å². The Kier molecular flexibility index (Phi) is 6.59. The molecule has 3 rings (SSSR count). The van der Waals surface area contributed by atoms with E-state index in [1.807, 2.05) is 19.9 Å². The average molecular weight is 457 g/mol. The number of hydrogen-bond donors (Lipinski definition) is 2. The zero-order valence-corrected chi connectivity index (χ0v) is 19.7. The largest absolute Gasteiger partial charge is 0.352 e. The number of aryl methyl sites for hydroxylation is 1. The van der Waals surface area contributed by atoms with Crippen molar-refractivity contribution in [2.45, 2.75) is 32.6 Å². The Balaban J connectivity index is 1.98. The number of amides is 1. The molecular weight excluding hydrogens is 428 g/mol. The van der Waals surface area contributed by atoms with Crippen LogP contribution in [0.15, 0.2) is 58.2 Å². The minimum Gasteiger partial charge on any atom is -0.352 e. The van der Waals surface area contributed by atoms with Gasteiger partial charge in [0.2, 0.25) is 0 Å². The highest BCUT2D eigenvalue weighted by atomic mass is 32.2. The van der Waals surface area contributed by atoms with Crippen molar-refractivity contribution in [3.8, 4) is 5.69 Å². The molecule has 32 heavy (non-hydrogen) atoms. The van der Waals surface area contributed by atoms with E-state index in [1.165, 1.54) is 16.8 Å². The number of carbonyl (C=O) groups is 1. The first-order chi connectivity index (χ1) is 15.0. The highest BCUT2D eigenvalue weighted by Gasteiger charge is 2.24. The summed E-state index contributed by atoms with van der Waals surface area (Å²) in [6, 6.07) is 13.3. The van der Waals surface area contributed by atoms with E-state index in [2.05, 4.69) is 10.0 Å². The Morgan fingerprint density at radius 1 is 1.06 bits per heavy atom. The summed E-state index contributed by atoms with van der Waals surface area (Å²) in [4.78, 5) is 25.5. The molecule has 1 aromatic heterocycles. The fourth-order valence-corrected chi connectivity index (χ4v) is 4.43. The summed E-state index contributed by atoms with van der Waals surface area (Å²) >= 11 is 0. The van der Waals surface area contributed by atoms with E-state index in [1.54, 1.807) is 55.9 Å². The van der Waals surface area contributed by atoms with E-state index < -0.39 is 15.6 Å². The Morgan fingerprint density at radius 2 is 1.72 bits per heavy atom. The lowest BCUT2D eigenvalue weighted by atomic mass is 10.1.